The van der Waals surface area contributed by atoms with Crippen LogP contribution in [0.15, 0.2) is 53.5 Å². The van der Waals surface area contributed by atoms with E-state index in [0.29, 0.717) is 0 Å². The molecule has 0 aliphatic rings. The van der Waals surface area contributed by atoms with Gasteiger partial charge in [0, 0.05) is 4.47 Å². The molecule has 0 aliphatic heterocycles. The second-order valence-electron chi connectivity index (χ2n) is 5.82. The zero-order chi connectivity index (χ0) is 21.9. The van der Waals surface area contributed by atoms with E-state index in [1.807, 2.05) is 0 Å². The Kier molecular flexibility index (Phi) is 6.15. The first-order valence-electron chi connectivity index (χ1n) is 8.13. The van der Waals surface area contributed by atoms with Gasteiger partial charge in [0.25, 0.3) is 5.91 Å². The fraction of sp³-hybridized carbons (Fsp3) is 0.111. The highest BCUT2D eigenvalue weighted by Gasteiger charge is 2.31. The first-order valence-corrected chi connectivity index (χ1v) is 8.92. The van der Waals surface area contributed by atoms with Crippen LogP contribution in [0, 0.1) is 5.82 Å². The lowest BCUT2D eigenvalue weighted by molar-refractivity contribution is -0.137. The number of anilines is 1. The van der Waals surface area contributed by atoms with Gasteiger partial charge in [-0.1, -0.05) is 0 Å². The quantitative estimate of drug-likeness (QED) is 0.435. The number of halogens is 5. The molecule has 0 bridgehead atoms. The van der Waals surface area contributed by atoms with Gasteiger partial charge in [0.05, 0.1) is 22.5 Å². The Labute approximate surface area is 174 Å². The van der Waals surface area contributed by atoms with Crippen LogP contribution >= 0.6 is 15.9 Å². The van der Waals surface area contributed by atoms with Crippen molar-refractivity contribution in [3.63, 3.8) is 0 Å². The van der Waals surface area contributed by atoms with Crippen molar-refractivity contribution >= 4 is 33.5 Å². The lowest BCUT2D eigenvalue weighted by atomic mass is 10.1. The molecule has 0 radical (unpaired) electrons. The number of hydrogen-bond acceptors (Lipinski definition) is 5. The molecule has 1 amide bonds. The van der Waals surface area contributed by atoms with Gasteiger partial charge in [0.2, 0.25) is 0 Å². The van der Waals surface area contributed by atoms with Gasteiger partial charge in [-0.15, -0.1) is 0 Å². The molecule has 0 saturated heterocycles. The number of amides is 1. The number of esters is 1. The third kappa shape index (κ3) is 5.00. The second-order valence-corrected chi connectivity index (χ2v) is 6.67. The van der Waals surface area contributed by atoms with Gasteiger partial charge >= 0.3 is 12.1 Å². The summed E-state index contributed by atoms with van der Waals surface area (Å²) in [5.41, 5.74) is -1.10. The summed E-state index contributed by atoms with van der Waals surface area (Å²) in [5, 5.41) is 6.09. The number of ether oxygens (including phenoxy) is 1. The average Bonchev–Trinajstić information content (AvgIpc) is 3.20. The number of carbonyl (C=O) groups is 2. The molecule has 156 valence electrons. The maximum Gasteiger partial charge on any atom is 0.416 e. The van der Waals surface area contributed by atoms with Gasteiger partial charge in [0.15, 0.2) is 6.61 Å². The van der Waals surface area contributed by atoms with Crippen LogP contribution in [-0.4, -0.2) is 33.2 Å². The summed E-state index contributed by atoms with van der Waals surface area (Å²) in [4.78, 5) is 27.9. The van der Waals surface area contributed by atoms with Crippen molar-refractivity contribution in [2.45, 2.75) is 6.18 Å². The molecular weight excluding hydrogens is 476 g/mol. The van der Waals surface area contributed by atoms with Crippen LogP contribution < -0.4 is 5.32 Å². The molecular formula is C18H11BrF4N4O3. The van der Waals surface area contributed by atoms with Crippen molar-refractivity contribution in [3.8, 4) is 5.69 Å². The highest BCUT2D eigenvalue weighted by atomic mass is 79.9. The summed E-state index contributed by atoms with van der Waals surface area (Å²) >= 11 is 3.00. The van der Waals surface area contributed by atoms with E-state index in [2.05, 4.69) is 31.3 Å². The molecule has 3 rings (SSSR count). The molecule has 7 nitrogen and oxygen atoms in total. The molecule has 2 aromatic carbocycles. The van der Waals surface area contributed by atoms with Crippen LogP contribution in [0.3, 0.4) is 0 Å². The van der Waals surface area contributed by atoms with Crippen molar-refractivity contribution in [3.05, 3.63) is 70.5 Å². The minimum Gasteiger partial charge on any atom is -0.452 e. The number of nitrogens with one attached hydrogen (secondary N) is 1. The van der Waals surface area contributed by atoms with E-state index in [4.69, 9.17) is 4.74 Å². The molecule has 12 heteroatoms. The van der Waals surface area contributed by atoms with E-state index in [1.54, 1.807) is 0 Å². The SMILES string of the molecule is O=C(COC(=O)c1ccc(F)cc1Br)Nc1cc(C(F)(F)F)ccc1-n1cncn1. The number of rotatable bonds is 5. The molecule has 1 aromatic heterocycles. The van der Waals surface area contributed by atoms with Gasteiger partial charge in [-0.2, -0.15) is 18.3 Å². The lowest BCUT2D eigenvalue weighted by Gasteiger charge is -2.14. The number of carbonyl (C=O) groups excluding carboxylic acids is 2. The molecule has 30 heavy (non-hydrogen) atoms. The summed E-state index contributed by atoms with van der Waals surface area (Å²) in [7, 11) is 0. The van der Waals surface area contributed by atoms with Gasteiger partial charge in [-0.3, -0.25) is 4.79 Å². The smallest absolute Gasteiger partial charge is 0.416 e. The first kappa shape index (κ1) is 21.4. The molecule has 1 N–H and O–H groups in total. The van der Waals surface area contributed by atoms with Crippen LogP contribution in [0.1, 0.15) is 15.9 Å². The van der Waals surface area contributed by atoms with Crippen molar-refractivity contribution in [1.82, 2.24) is 14.8 Å². The number of benzene rings is 2. The average molecular weight is 487 g/mol. The maximum absolute atomic E-state index is 13.1. The van der Waals surface area contributed by atoms with Gasteiger partial charge in [-0.05, 0) is 52.3 Å². The first-order chi connectivity index (χ1) is 14.1. The number of hydrogen-bond donors (Lipinski definition) is 1. The molecule has 0 spiro atoms. The van der Waals surface area contributed by atoms with E-state index in [1.165, 1.54) is 12.7 Å². The van der Waals surface area contributed by atoms with E-state index in [-0.39, 0.29) is 21.4 Å². The molecule has 0 saturated carbocycles. The Morgan fingerprint density at radius 2 is 1.93 bits per heavy atom. The van der Waals surface area contributed by atoms with Crippen molar-refractivity contribution in [2.75, 3.05) is 11.9 Å². The van der Waals surface area contributed by atoms with E-state index < -0.39 is 36.0 Å². The largest absolute Gasteiger partial charge is 0.452 e. The van der Waals surface area contributed by atoms with Crippen LogP contribution in [0.4, 0.5) is 23.2 Å². The third-order valence-electron chi connectivity index (χ3n) is 3.75. The topological polar surface area (TPSA) is 86.1 Å². The summed E-state index contributed by atoms with van der Waals surface area (Å²) in [6, 6.07) is 5.92. The number of aromatic nitrogens is 3. The Hall–Kier alpha value is -3.28. The van der Waals surface area contributed by atoms with Crippen LogP contribution in [0.2, 0.25) is 0 Å². The lowest BCUT2D eigenvalue weighted by Crippen LogP contribution is -2.22. The number of nitrogens with zero attached hydrogens (tertiary/aromatic N) is 3. The minimum absolute atomic E-state index is 0.0217. The molecule has 0 atom stereocenters. The van der Waals surface area contributed by atoms with Gasteiger partial charge in [0.1, 0.15) is 18.5 Å². The van der Waals surface area contributed by atoms with E-state index in [0.717, 1.165) is 41.1 Å². The summed E-state index contributed by atoms with van der Waals surface area (Å²) in [6.45, 7) is -0.782. The van der Waals surface area contributed by atoms with E-state index >= 15 is 0 Å². The summed E-state index contributed by atoms with van der Waals surface area (Å²) in [5.74, 6) is -2.39. The highest BCUT2D eigenvalue weighted by Crippen LogP contribution is 2.33. The number of alkyl halides is 3. The van der Waals surface area contributed by atoms with Crippen LogP contribution in [0.5, 0.6) is 0 Å². The summed E-state index contributed by atoms with van der Waals surface area (Å²) < 4.78 is 58.4. The Morgan fingerprint density at radius 1 is 1.17 bits per heavy atom. The predicted octanol–water partition coefficient (Wildman–Crippen LogP) is 3.98. The van der Waals surface area contributed by atoms with E-state index in [9.17, 15) is 27.2 Å². The van der Waals surface area contributed by atoms with Crippen LogP contribution in [-0.2, 0) is 15.7 Å². The maximum atomic E-state index is 13.1. The predicted molar refractivity (Wildman–Crippen MR) is 99.4 cm³/mol. The second kappa shape index (κ2) is 8.61. The molecule has 0 aliphatic carbocycles. The van der Waals surface area contributed by atoms with Crippen LogP contribution in [0.25, 0.3) is 5.69 Å². The highest BCUT2D eigenvalue weighted by molar-refractivity contribution is 9.10. The third-order valence-corrected chi connectivity index (χ3v) is 4.41. The monoisotopic (exact) mass is 486 g/mol. The molecule has 3 aromatic rings. The molecule has 0 unspecified atom stereocenters. The van der Waals surface area contributed by atoms with Crippen molar-refractivity contribution < 1.29 is 31.9 Å². The fourth-order valence-electron chi connectivity index (χ4n) is 2.40. The standard InChI is InChI=1S/C18H11BrF4N4O3/c19-13-6-11(20)2-3-12(13)17(29)30-7-16(28)26-14-5-10(18(21,22)23)1-4-15(14)27-9-24-8-25-27/h1-6,8-9H,7H2,(H,26,28). The molecule has 1 heterocycles. The fourth-order valence-corrected chi connectivity index (χ4v) is 2.91. The normalized spacial score (nSPS) is 11.2. The summed E-state index contributed by atoms with van der Waals surface area (Å²) in [6.07, 6.45) is -2.22. The Bertz CT molecular complexity index is 1090. The zero-order valence-electron chi connectivity index (χ0n) is 14.8. The zero-order valence-corrected chi connectivity index (χ0v) is 16.4. The Morgan fingerprint density at radius 3 is 2.57 bits per heavy atom. The van der Waals surface area contributed by atoms with Crippen molar-refractivity contribution in [1.29, 1.82) is 0 Å². The van der Waals surface area contributed by atoms with Gasteiger partial charge in [-0.25, -0.2) is 18.9 Å². The molecule has 0 fully saturated rings. The van der Waals surface area contributed by atoms with Crippen molar-refractivity contribution in [2.24, 2.45) is 0 Å². The minimum atomic E-state index is -4.64. The van der Waals surface area contributed by atoms with Gasteiger partial charge < -0.3 is 10.1 Å². The Balaban J connectivity index is 1.76.